The van der Waals surface area contributed by atoms with E-state index in [1.807, 2.05) is 13.8 Å². The summed E-state index contributed by atoms with van der Waals surface area (Å²) in [7, 11) is -5.67. The third-order valence-corrected chi connectivity index (χ3v) is 5.70. The van der Waals surface area contributed by atoms with Gasteiger partial charge in [0.25, 0.3) is 0 Å². The fraction of sp³-hybridized carbons (Fsp3) is 0.474. The van der Waals surface area contributed by atoms with Gasteiger partial charge in [-0.2, -0.15) is 30.8 Å². The first kappa shape index (κ1) is 26.1. The van der Waals surface area contributed by atoms with E-state index in [4.69, 9.17) is 4.74 Å². The fourth-order valence-electron chi connectivity index (χ4n) is 2.90. The minimum Gasteiger partial charge on any atom is -0.381 e. The molecular weight excluding hydrogens is 474 g/mol. The lowest BCUT2D eigenvalue weighted by molar-refractivity contribution is -0.0527. The van der Waals surface area contributed by atoms with Crippen LogP contribution in [0.5, 0.6) is 0 Å². The van der Waals surface area contributed by atoms with Crippen molar-refractivity contribution in [3.8, 4) is 11.3 Å². The second-order valence-electron chi connectivity index (χ2n) is 6.49. The summed E-state index contributed by atoms with van der Waals surface area (Å²) in [6.45, 7) is 5.88. The molecule has 32 heavy (non-hydrogen) atoms. The molecule has 0 amide bonds. The van der Waals surface area contributed by atoms with Gasteiger partial charge in [-0.25, -0.2) is 0 Å². The first-order chi connectivity index (χ1) is 15.1. The van der Waals surface area contributed by atoms with Gasteiger partial charge in [-0.1, -0.05) is 13.8 Å². The summed E-state index contributed by atoms with van der Waals surface area (Å²) >= 11 is -0.0318. The van der Waals surface area contributed by atoms with Crippen molar-refractivity contribution < 1.29 is 34.4 Å². The molecule has 13 heteroatoms. The lowest BCUT2D eigenvalue weighted by Crippen LogP contribution is -2.26. The predicted molar refractivity (Wildman–Crippen MR) is 112 cm³/mol. The fourth-order valence-corrected chi connectivity index (χ4v) is 3.74. The molecule has 2 aromatic rings. The summed E-state index contributed by atoms with van der Waals surface area (Å²) in [6, 6.07) is 3.50. The van der Waals surface area contributed by atoms with E-state index in [1.165, 1.54) is 6.08 Å². The Balaban J connectivity index is 0.00000176. The van der Waals surface area contributed by atoms with Crippen molar-refractivity contribution in [1.29, 1.82) is 0 Å². The van der Waals surface area contributed by atoms with Crippen LogP contribution >= 0.6 is 12.3 Å². The molecule has 2 aromatic heterocycles. The predicted octanol–water partition coefficient (Wildman–Crippen LogP) is 5.48. The van der Waals surface area contributed by atoms with Crippen LogP contribution in [-0.2, 0) is 25.6 Å². The number of aromatic nitrogens is 3. The molecule has 2 heterocycles. The maximum Gasteiger partial charge on any atom is 0.534 e. The van der Waals surface area contributed by atoms with Crippen molar-refractivity contribution in [2.24, 2.45) is 0 Å². The van der Waals surface area contributed by atoms with Gasteiger partial charge in [-0.15, -0.1) is 3.89 Å². The smallest absolute Gasteiger partial charge is 0.381 e. The van der Waals surface area contributed by atoms with E-state index in [1.54, 1.807) is 31.5 Å². The maximum absolute atomic E-state index is 12.8. The van der Waals surface area contributed by atoms with Crippen molar-refractivity contribution in [1.82, 2.24) is 14.2 Å². The minimum atomic E-state index is -5.67. The number of pyridine rings is 1. The van der Waals surface area contributed by atoms with Gasteiger partial charge in [0, 0.05) is 24.4 Å². The second kappa shape index (κ2) is 11.1. The molecule has 0 fully saturated rings. The molecule has 0 bridgehead atoms. The molecule has 1 atom stereocenters. The molecule has 0 saturated heterocycles. The number of halogens is 4. The number of rotatable bonds is 7. The van der Waals surface area contributed by atoms with Crippen LogP contribution in [0.3, 0.4) is 0 Å². The Labute approximate surface area is 188 Å². The van der Waals surface area contributed by atoms with Crippen LogP contribution in [0.4, 0.5) is 17.1 Å². The Morgan fingerprint density at radius 3 is 2.59 bits per heavy atom. The number of hydrogen-bond acceptors (Lipinski definition) is 7. The van der Waals surface area contributed by atoms with Crippen LogP contribution in [0.1, 0.15) is 44.4 Å². The van der Waals surface area contributed by atoms with Gasteiger partial charge in [0.1, 0.15) is 5.76 Å². The van der Waals surface area contributed by atoms with Crippen molar-refractivity contribution in [2.75, 3.05) is 0 Å². The molecule has 1 aliphatic carbocycles. The quantitative estimate of drug-likeness (QED) is 0.285. The van der Waals surface area contributed by atoms with Gasteiger partial charge in [0.2, 0.25) is 0 Å². The Kier molecular flexibility index (Phi) is 9.10. The highest BCUT2D eigenvalue weighted by molar-refractivity contribution is 7.92. The molecule has 1 aliphatic rings. The Morgan fingerprint density at radius 2 is 2.03 bits per heavy atom. The van der Waals surface area contributed by atoms with E-state index in [0.717, 1.165) is 9.65 Å². The molecule has 1 unspecified atom stereocenters. The molecule has 178 valence electrons. The average Bonchev–Trinajstić information content (AvgIpc) is 3.14. The van der Waals surface area contributed by atoms with E-state index in [-0.39, 0.29) is 50.1 Å². The zero-order valence-corrected chi connectivity index (χ0v) is 19.2. The van der Waals surface area contributed by atoms with E-state index < -0.39 is 15.6 Å². The number of ether oxygens (including phenoxy) is 1. The van der Waals surface area contributed by atoms with E-state index >= 15 is 0 Å². The van der Waals surface area contributed by atoms with Crippen LogP contribution in [0.15, 0.2) is 36.4 Å². The van der Waals surface area contributed by atoms with Crippen LogP contribution in [-0.4, -0.2) is 34.2 Å². The zero-order valence-electron chi connectivity index (χ0n) is 17.6. The van der Waals surface area contributed by atoms with E-state index in [2.05, 4.69) is 14.3 Å². The van der Waals surface area contributed by atoms with E-state index in [0.29, 0.717) is 17.0 Å². The molecule has 0 radical (unpaired) electrons. The van der Waals surface area contributed by atoms with Gasteiger partial charge in [-0.05, 0) is 43.5 Å². The first-order valence-corrected chi connectivity index (χ1v) is 11.8. The normalized spacial score (nSPS) is 16.7. The number of aryl methyl sites for hydroxylation is 1. The molecule has 0 aromatic carbocycles. The van der Waals surface area contributed by atoms with Crippen LogP contribution in [0, 0.1) is 6.92 Å². The van der Waals surface area contributed by atoms with Gasteiger partial charge < -0.3 is 8.92 Å². The lowest BCUT2D eigenvalue weighted by atomic mass is 10.0. The largest absolute Gasteiger partial charge is 0.534 e. The summed E-state index contributed by atoms with van der Waals surface area (Å²) in [4.78, 5) is 4.29. The highest BCUT2D eigenvalue weighted by Gasteiger charge is 2.48. The molecule has 0 saturated carbocycles. The van der Waals surface area contributed by atoms with Crippen LogP contribution < -0.4 is 0 Å². The molecular formula is C19H23F4N3O4S2. The standard InChI is InChI=1S/C17H17F4N3O4S2.C2H6/c1-11-9-24(29-21)23-16(11)14-3-2-8-22-15(14)10-27-12-4-6-13(7-5-12)28-30(25,26)17(18,19)20;1-2/h2-3,6,8-9,12H,4-5,7,10H2,1H3;1-2H3. The van der Waals surface area contributed by atoms with Gasteiger partial charge >= 0.3 is 15.6 Å². The van der Waals surface area contributed by atoms with Crippen molar-refractivity contribution in [2.45, 2.75) is 58.3 Å². The van der Waals surface area contributed by atoms with Gasteiger partial charge in [0.05, 0.1) is 24.1 Å². The summed E-state index contributed by atoms with van der Waals surface area (Å²) in [5.41, 5.74) is -2.91. The SMILES string of the molecule is CC.Cc1cn(SF)nc1-c1cccnc1COC1CC=C(OS(=O)(=O)C(F)(F)F)CC1. The monoisotopic (exact) mass is 497 g/mol. The highest BCUT2D eigenvalue weighted by atomic mass is 32.2. The topological polar surface area (TPSA) is 83.3 Å². The highest BCUT2D eigenvalue weighted by Crippen LogP contribution is 2.31. The van der Waals surface area contributed by atoms with E-state index in [9.17, 15) is 25.5 Å². The maximum atomic E-state index is 12.8. The molecule has 7 nitrogen and oxygen atoms in total. The summed E-state index contributed by atoms with van der Waals surface area (Å²) in [6.07, 6.45) is 4.52. The third kappa shape index (κ3) is 6.45. The summed E-state index contributed by atoms with van der Waals surface area (Å²) < 4.78 is 83.2. The molecule has 0 aliphatic heterocycles. The van der Waals surface area contributed by atoms with Crippen molar-refractivity contribution in [3.63, 3.8) is 0 Å². The van der Waals surface area contributed by atoms with Crippen molar-refractivity contribution >= 4 is 22.5 Å². The Bertz CT molecular complexity index is 1040. The van der Waals surface area contributed by atoms with Crippen molar-refractivity contribution in [3.05, 3.63) is 47.6 Å². The van der Waals surface area contributed by atoms with Gasteiger partial charge in [0.15, 0.2) is 12.3 Å². The number of alkyl halides is 3. The Morgan fingerprint density at radius 1 is 1.31 bits per heavy atom. The van der Waals surface area contributed by atoms with Gasteiger partial charge in [-0.3, -0.25) is 4.98 Å². The summed E-state index contributed by atoms with van der Waals surface area (Å²) in [5.74, 6) is -0.254. The molecule has 0 spiro atoms. The van der Waals surface area contributed by atoms with Crippen LogP contribution in [0.25, 0.3) is 11.3 Å². The third-order valence-electron chi connectivity index (χ3n) is 4.37. The average molecular weight is 498 g/mol. The number of nitrogens with zero attached hydrogens (tertiary/aromatic N) is 3. The lowest BCUT2D eigenvalue weighted by Gasteiger charge is -2.22. The van der Waals surface area contributed by atoms with Crippen LogP contribution in [0.2, 0.25) is 0 Å². The summed E-state index contributed by atoms with van der Waals surface area (Å²) in [5, 5.41) is 4.15. The Hall–Kier alpha value is -2.12. The number of allylic oxidation sites excluding steroid dienone is 1. The molecule has 3 rings (SSSR count). The number of hydrogen-bond donors (Lipinski definition) is 0. The first-order valence-electron chi connectivity index (χ1n) is 9.71. The zero-order chi connectivity index (χ0) is 23.9. The minimum absolute atomic E-state index is 0.00765. The second-order valence-corrected chi connectivity index (χ2v) is 8.54. The molecule has 0 N–H and O–H groups in total.